The number of hydrogen-bond acceptors (Lipinski definition) is 3. The van der Waals surface area contributed by atoms with Crippen molar-refractivity contribution in [1.82, 2.24) is 5.32 Å². The summed E-state index contributed by atoms with van der Waals surface area (Å²) < 4.78 is 10.9. The van der Waals surface area contributed by atoms with Crippen LogP contribution in [0.2, 0.25) is 0 Å². The molecule has 84 valence electrons. The van der Waals surface area contributed by atoms with Gasteiger partial charge < -0.3 is 14.8 Å². The van der Waals surface area contributed by atoms with E-state index in [0.29, 0.717) is 12.1 Å². The van der Waals surface area contributed by atoms with E-state index in [1.54, 1.807) is 0 Å². The van der Waals surface area contributed by atoms with Crippen LogP contribution in [-0.4, -0.2) is 38.5 Å². The third-order valence-corrected chi connectivity index (χ3v) is 2.67. The Bertz CT molecular complexity index is 141. The molecular weight excluding hydrogens is 178 g/mol. The molecule has 3 heteroatoms. The maximum atomic E-state index is 5.47. The lowest BCUT2D eigenvalue weighted by atomic mass is 10.1. The number of ether oxygens (including phenoxy) is 2. The highest BCUT2D eigenvalue weighted by atomic mass is 16.5. The monoisotopic (exact) mass is 201 g/mol. The van der Waals surface area contributed by atoms with Gasteiger partial charge in [-0.2, -0.15) is 0 Å². The van der Waals surface area contributed by atoms with Gasteiger partial charge in [0.15, 0.2) is 0 Å². The molecule has 1 saturated heterocycles. The summed E-state index contributed by atoms with van der Waals surface area (Å²) in [4.78, 5) is 0. The molecule has 1 N–H and O–H groups in total. The smallest absolute Gasteiger partial charge is 0.0700 e. The van der Waals surface area contributed by atoms with Crippen LogP contribution < -0.4 is 5.32 Å². The van der Waals surface area contributed by atoms with Gasteiger partial charge in [-0.3, -0.25) is 0 Å². The zero-order valence-electron chi connectivity index (χ0n) is 9.42. The average Bonchev–Trinajstić information content (AvgIpc) is 2.58. The lowest BCUT2D eigenvalue weighted by molar-refractivity contribution is 0.104. The van der Waals surface area contributed by atoms with Crippen molar-refractivity contribution >= 4 is 0 Å². The molecule has 0 bridgehead atoms. The summed E-state index contributed by atoms with van der Waals surface area (Å²) in [6, 6.07) is 0.532. The Labute approximate surface area is 87.2 Å². The van der Waals surface area contributed by atoms with Gasteiger partial charge in [0, 0.05) is 25.8 Å². The van der Waals surface area contributed by atoms with Crippen molar-refractivity contribution in [3.63, 3.8) is 0 Å². The van der Waals surface area contributed by atoms with E-state index in [0.717, 1.165) is 32.8 Å². The van der Waals surface area contributed by atoms with E-state index in [1.807, 2.05) is 0 Å². The van der Waals surface area contributed by atoms with Gasteiger partial charge in [-0.1, -0.05) is 13.3 Å². The molecule has 0 aromatic carbocycles. The molecule has 0 spiro atoms. The molecule has 1 aliphatic rings. The van der Waals surface area contributed by atoms with Crippen molar-refractivity contribution in [3.8, 4) is 0 Å². The highest BCUT2D eigenvalue weighted by molar-refractivity contribution is 4.78. The van der Waals surface area contributed by atoms with Gasteiger partial charge in [0.25, 0.3) is 0 Å². The van der Waals surface area contributed by atoms with E-state index in [1.165, 1.54) is 12.8 Å². The first-order valence-corrected chi connectivity index (χ1v) is 5.77. The maximum absolute atomic E-state index is 5.47. The van der Waals surface area contributed by atoms with Gasteiger partial charge in [-0.05, 0) is 19.8 Å². The summed E-state index contributed by atoms with van der Waals surface area (Å²) in [5.41, 5.74) is 0. The van der Waals surface area contributed by atoms with Crippen molar-refractivity contribution in [3.05, 3.63) is 0 Å². The Balaban J connectivity index is 1.88. The minimum Gasteiger partial charge on any atom is -0.380 e. The number of rotatable bonds is 7. The second kappa shape index (κ2) is 7.21. The molecule has 0 amide bonds. The van der Waals surface area contributed by atoms with Gasteiger partial charge in [0.05, 0.1) is 12.7 Å². The van der Waals surface area contributed by atoms with Crippen molar-refractivity contribution in [1.29, 1.82) is 0 Å². The standard InChI is InChI=1S/C11H23NO2/c1-3-4-7-13-9-6-12-11-5-8-14-10(11)2/h10-12H,3-9H2,1-2H3. The van der Waals surface area contributed by atoms with Crippen LogP contribution in [0.3, 0.4) is 0 Å². The van der Waals surface area contributed by atoms with Crippen LogP contribution in [0.25, 0.3) is 0 Å². The number of nitrogens with one attached hydrogen (secondary N) is 1. The predicted molar refractivity (Wildman–Crippen MR) is 57.5 cm³/mol. The molecule has 1 heterocycles. The quantitative estimate of drug-likeness (QED) is 0.634. The highest BCUT2D eigenvalue weighted by Gasteiger charge is 2.22. The molecule has 0 aliphatic carbocycles. The molecule has 1 aliphatic heterocycles. The molecule has 0 aromatic heterocycles. The van der Waals surface area contributed by atoms with Gasteiger partial charge in [-0.15, -0.1) is 0 Å². The molecule has 3 nitrogen and oxygen atoms in total. The molecule has 1 rings (SSSR count). The summed E-state index contributed by atoms with van der Waals surface area (Å²) >= 11 is 0. The molecule has 0 aromatic rings. The second-order valence-corrected chi connectivity index (χ2v) is 3.89. The highest BCUT2D eigenvalue weighted by Crippen LogP contribution is 2.11. The minimum absolute atomic E-state index is 0.366. The van der Waals surface area contributed by atoms with E-state index in [4.69, 9.17) is 9.47 Å². The van der Waals surface area contributed by atoms with Gasteiger partial charge in [0.1, 0.15) is 0 Å². The molecule has 0 radical (unpaired) electrons. The van der Waals surface area contributed by atoms with Crippen LogP contribution in [0.15, 0.2) is 0 Å². The van der Waals surface area contributed by atoms with E-state index in [-0.39, 0.29) is 0 Å². The molecular formula is C11H23NO2. The van der Waals surface area contributed by atoms with Crippen molar-refractivity contribution in [2.45, 2.75) is 45.3 Å². The molecule has 14 heavy (non-hydrogen) atoms. The first-order valence-electron chi connectivity index (χ1n) is 5.77. The SMILES string of the molecule is CCCCOCCNC1CCOC1C. The van der Waals surface area contributed by atoms with E-state index < -0.39 is 0 Å². The molecule has 2 unspecified atom stereocenters. The van der Waals surface area contributed by atoms with Crippen LogP contribution >= 0.6 is 0 Å². The topological polar surface area (TPSA) is 30.5 Å². The van der Waals surface area contributed by atoms with Gasteiger partial charge in [0.2, 0.25) is 0 Å². The molecule has 0 saturated carbocycles. The fourth-order valence-electron chi connectivity index (χ4n) is 1.66. The third kappa shape index (κ3) is 4.40. The zero-order chi connectivity index (χ0) is 10.2. The van der Waals surface area contributed by atoms with E-state index in [9.17, 15) is 0 Å². The average molecular weight is 201 g/mol. The maximum Gasteiger partial charge on any atom is 0.0700 e. The Hall–Kier alpha value is -0.120. The first-order chi connectivity index (χ1) is 6.84. The fraction of sp³-hybridized carbons (Fsp3) is 1.00. The lowest BCUT2D eigenvalue weighted by Crippen LogP contribution is -2.36. The summed E-state index contributed by atoms with van der Waals surface area (Å²) in [6.45, 7) is 7.87. The Kier molecular flexibility index (Phi) is 6.15. The summed E-state index contributed by atoms with van der Waals surface area (Å²) in [5, 5.41) is 3.46. The lowest BCUT2D eigenvalue weighted by Gasteiger charge is -2.15. The summed E-state index contributed by atoms with van der Waals surface area (Å²) in [7, 11) is 0. The van der Waals surface area contributed by atoms with Crippen molar-refractivity contribution in [2.75, 3.05) is 26.4 Å². The van der Waals surface area contributed by atoms with E-state index >= 15 is 0 Å². The van der Waals surface area contributed by atoms with Crippen LogP contribution in [0.1, 0.15) is 33.1 Å². The van der Waals surface area contributed by atoms with Crippen LogP contribution in [0.5, 0.6) is 0 Å². The van der Waals surface area contributed by atoms with Gasteiger partial charge >= 0.3 is 0 Å². The zero-order valence-corrected chi connectivity index (χ0v) is 9.42. The molecule has 2 atom stereocenters. The first kappa shape index (κ1) is 12.0. The normalized spacial score (nSPS) is 27.0. The third-order valence-electron chi connectivity index (χ3n) is 2.67. The molecule has 1 fully saturated rings. The Morgan fingerprint density at radius 3 is 2.93 bits per heavy atom. The summed E-state index contributed by atoms with van der Waals surface area (Å²) in [6.07, 6.45) is 3.88. The fourth-order valence-corrected chi connectivity index (χ4v) is 1.66. The van der Waals surface area contributed by atoms with Crippen LogP contribution in [0.4, 0.5) is 0 Å². The van der Waals surface area contributed by atoms with Crippen LogP contribution in [-0.2, 0) is 9.47 Å². The van der Waals surface area contributed by atoms with Crippen LogP contribution in [0, 0.1) is 0 Å². The Morgan fingerprint density at radius 1 is 1.43 bits per heavy atom. The predicted octanol–water partition coefficient (Wildman–Crippen LogP) is 1.57. The summed E-state index contributed by atoms with van der Waals surface area (Å²) in [5.74, 6) is 0. The number of unbranched alkanes of at least 4 members (excludes halogenated alkanes) is 1. The Morgan fingerprint density at radius 2 is 2.29 bits per heavy atom. The number of hydrogen-bond donors (Lipinski definition) is 1. The largest absolute Gasteiger partial charge is 0.380 e. The minimum atomic E-state index is 0.366. The van der Waals surface area contributed by atoms with Gasteiger partial charge in [-0.25, -0.2) is 0 Å². The second-order valence-electron chi connectivity index (χ2n) is 3.89. The van der Waals surface area contributed by atoms with Crippen molar-refractivity contribution in [2.24, 2.45) is 0 Å². The van der Waals surface area contributed by atoms with Crippen molar-refractivity contribution < 1.29 is 9.47 Å². The van der Waals surface area contributed by atoms with E-state index in [2.05, 4.69) is 19.2 Å².